The Morgan fingerprint density at radius 3 is 2.72 bits per heavy atom. The van der Waals surface area contributed by atoms with Crippen molar-refractivity contribution < 1.29 is 14.6 Å². The van der Waals surface area contributed by atoms with Gasteiger partial charge in [0.2, 0.25) is 0 Å². The number of hydrogen-bond acceptors (Lipinski definition) is 6. The number of H-pyrrole nitrogens is 1. The molecule has 0 spiro atoms. The van der Waals surface area contributed by atoms with Crippen molar-refractivity contribution in [3.63, 3.8) is 0 Å². The molecule has 4 N–H and O–H groups in total. The molecule has 1 aliphatic heterocycles. The van der Waals surface area contributed by atoms with Gasteiger partial charge in [-0.3, -0.25) is 14.3 Å². The molecule has 0 amide bonds. The van der Waals surface area contributed by atoms with Gasteiger partial charge in [0, 0.05) is 18.4 Å². The summed E-state index contributed by atoms with van der Waals surface area (Å²) in [5.41, 5.74) is 4.88. The number of aryl methyl sites for hydroxylation is 1. The fourth-order valence-corrected chi connectivity index (χ4v) is 3.05. The maximum Gasteiger partial charge on any atom is 0.330 e. The molecule has 1 aromatic heterocycles. The Morgan fingerprint density at radius 1 is 1.32 bits per heavy atom. The lowest BCUT2D eigenvalue weighted by molar-refractivity contribution is -0.0715. The zero-order valence-corrected chi connectivity index (χ0v) is 14.9. The van der Waals surface area contributed by atoms with Crippen molar-refractivity contribution >= 4 is 0 Å². The summed E-state index contributed by atoms with van der Waals surface area (Å²) in [5.74, 6) is 0. The van der Waals surface area contributed by atoms with Crippen LogP contribution in [0.5, 0.6) is 0 Å². The van der Waals surface area contributed by atoms with Crippen LogP contribution in [0.15, 0.2) is 15.8 Å². The molecule has 1 aliphatic rings. The maximum absolute atomic E-state index is 12.2. The number of hydrogen-bond donors (Lipinski definition) is 3. The Labute approximate surface area is 147 Å². The Bertz CT molecular complexity index is 656. The van der Waals surface area contributed by atoms with Crippen LogP contribution in [0, 0.1) is 6.92 Å². The Hall–Kier alpha value is -1.48. The molecule has 1 aromatic rings. The number of nitrogens with one attached hydrogen (secondary N) is 1. The van der Waals surface area contributed by atoms with Gasteiger partial charge in [0.25, 0.3) is 5.56 Å². The number of aromatic amines is 1. The minimum Gasteiger partial charge on any atom is -0.388 e. The average Bonchev–Trinajstić information content (AvgIpc) is 2.90. The number of unbranched alkanes of at least 4 members (excludes halogenated alkanes) is 3. The van der Waals surface area contributed by atoms with E-state index in [-0.39, 0.29) is 0 Å². The fraction of sp³-hybridized carbons (Fsp3) is 0.765. The number of aliphatic hydroxyl groups excluding tert-OH is 1. The van der Waals surface area contributed by atoms with E-state index in [1.165, 1.54) is 10.8 Å². The molecule has 1 saturated heterocycles. The Morgan fingerprint density at radius 2 is 2.04 bits per heavy atom. The van der Waals surface area contributed by atoms with Gasteiger partial charge in [-0.1, -0.05) is 19.8 Å². The van der Waals surface area contributed by atoms with E-state index in [1.54, 1.807) is 6.92 Å². The minimum absolute atomic E-state index is 0.401. The molecule has 0 bridgehead atoms. The summed E-state index contributed by atoms with van der Waals surface area (Å²) in [6, 6.07) is 0. The fourth-order valence-electron chi connectivity index (χ4n) is 3.05. The summed E-state index contributed by atoms with van der Waals surface area (Å²) in [7, 11) is 0. The third-order valence-electron chi connectivity index (χ3n) is 4.54. The number of aromatic nitrogens is 2. The first kappa shape index (κ1) is 19.8. The zero-order chi connectivity index (χ0) is 18.4. The van der Waals surface area contributed by atoms with Gasteiger partial charge in [-0.05, 0) is 32.7 Å². The quantitative estimate of drug-likeness (QED) is 0.552. The van der Waals surface area contributed by atoms with E-state index in [0.29, 0.717) is 25.1 Å². The lowest BCUT2D eigenvalue weighted by Crippen LogP contribution is -2.39. The highest BCUT2D eigenvalue weighted by Gasteiger charge is 2.45. The standard InChI is InChI=1S/C17H29N3O5/c1-3-12-13(21)14(24-9-7-5-4-6-8-18)16(25-12)20-10-11(2)15(22)19-17(20)23/h10,12-14,16,21H,3-9,18H2,1-2H3,(H,19,22,23)/t12-,13?,14?,16-/m1/s1. The van der Waals surface area contributed by atoms with Gasteiger partial charge >= 0.3 is 5.69 Å². The highest BCUT2D eigenvalue weighted by Crippen LogP contribution is 2.32. The Kier molecular flexibility index (Phi) is 7.37. The second kappa shape index (κ2) is 9.28. The topological polar surface area (TPSA) is 120 Å². The number of ether oxygens (including phenoxy) is 2. The molecule has 0 saturated carbocycles. The summed E-state index contributed by atoms with van der Waals surface area (Å²) in [6.45, 7) is 4.68. The molecule has 25 heavy (non-hydrogen) atoms. The van der Waals surface area contributed by atoms with E-state index in [9.17, 15) is 14.7 Å². The smallest absolute Gasteiger partial charge is 0.330 e. The lowest BCUT2D eigenvalue weighted by atomic mass is 10.1. The third kappa shape index (κ3) is 4.78. The molecule has 8 nitrogen and oxygen atoms in total. The first-order valence-electron chi connectivity index (χ1n) is 8.96. The van der Waals surface area contributed by atoms with Gasteiger partial charge in [-0.15, -0.1) is 0 Å². The van der Waals surface area contributed by atoms with Gasteiger partial charge in [0.05, 0.1) is 6.10 Å². The van der Waals surface area contributed by atoms with Crippen LogP contribution in [0.2, 0.25) is 0 Å². The van der Waals surface area contributed by atoms with E-state index in [4.69, 9.17) is 15.2 Å². The molecule has 2 unspecified atom stereocenters. The van der Waals surface area contributed by atoms with Gasteiger partial charge in [-0.2, -0.15) is 0 Å². The molecule has 4 atom stereocenters. The van der Waals surface area contributed by atoms with Crippen molar-refractivity contribution in [3.8, 4) is 0 Å². The predicted octanol–water partition coefficient (Wildman–Crippen LogP) is 0.418. The highest BCUT2D eigenvalue weighted by molar-refractivity contribution is 5.03. The van der Waals surface area contributed by atoms with Crippen molar-refractivity contribution in [2.45, 2.75) is 70.5 Å². The Balaban J connectivity index is 2.10. The second-order valence-corrected chi connectivity index (χ2v) is 6.48. The first-order chi connectivity index (χ1) is 12.0. The zero-order valence-electron chi connectivity index (χ0n) is 14.9. The van der Waals surface area contributed by atoms with Crippen LogP contribution in [-0.4, -0.2) is 46.1 Å². The van der Waals surface area contributed by atoms with E-state index in [1.807, 2.05) is 6.92 Å². The third-order valence-corrected chi connectivity index (χ3v) is 4.54. The van der Waals surface area contributed by atoms with E-state index < -0.39 is 35.8 Å². The molecule has 2 heterocycles. The molecule has 0 aliphatic carbocycles. The summed E-state index contributed by atoms with van der Waals surface area (Å²) in [5, 5.41) is 10.5. The molecule has 1 fully saturated rings. The average molecular weight is 355 g/mol. The second-order valence-electron chi connectivity index (χ2n) is 6.48. The molecule has 8 heteroatoms. The van der Waals surface area contributed by atoms with Crippen LogP contribution in [0.4, 0.5) is 0 Å². The number of nitrogens with two attached hydrogens (primary N) is 1. The maximum atomic E-state index is 12.2. The number of nitrogens with zero attached hydrogens (tertiary/aromatic N) is 1. The van der Waals surface area contributed by atoms with Crippen molar-refractivity contribution in [2.24, 2.45) is 5.73 Å². The summed E-state index contributed by atoms with van der Waals surface area (Å²) in [4.78, 5) is 26.0. The van der Waals surface area contributed by atoms with Crippen LogP contribution < -0.4 is 17.0 Å². The summed E-state index contributed by atoms with van der Waals surface area (Å²) in [6.07, 6.45) is 3.30. The van der Waals surface area contributed by atoms with E-state index >= 15 is 0 Å². The normalized spacial score (nSPS) is 26.2. The van der Waals surface area contributed by atoms with Gasteiger partial charge in [0.1, 0.15) is 12.2 Å². The first-order valence-corrected chi connectivity index (χ1v) is 8.96. The van der Waals surface area contributed by atoms with E-state index in [0.717, 1.165) is 25.7 Å². The summed E-state index contributed by atoms with van der Waals surface area (Å²) >= 11 is 0. The van der Waals surface area contributed by atoms with Gasteiger partial charge in [0.15, 0.2) is 6.23 Å². The van der Waals surface area contributed by atoms with Crippen LogP contribution in [0.3, 0.4) is 0 Å². The molecule has 2 rings (SSSR count). The van der Waals surface area contributed by atoms with Gasteiger partial charge < -0.3 is 20.3 Å². The largest absolute Gasteiger partial charge is 0.388 e. The molecular formula is C17H29N3O5. The van der Waals surface area contributed by atoms with Crippen LogP contribution in [0.1, 0.15) is 50.8 Å². The predicted molar refractivity (Wildman–Crippen MR) is 93.5 cm³/mol. The summed E-state index contributed by atoms with van der Waals surface area (Å²) < 4.78 is 13.0. The van der Waals surface area contributed by atoms with Crippen molar-refractivity contribution in [1.82, 2.24) is 9.55 Å². The number of aliphatic hydroxyl groups is 1. The van der Waals surface area contributed by atoms with Crippen molar-refractivity contribution in [3.05, 3.63) is 32.6 Å². The molecular weight excluding hydrogens is 326 g/mol. The van der Waals surface area contributed by atoms with Crippen molar-refractivity contribution in [2.75, 3.05) is 13.2 Å². The SMILES string of the molecule is CC[C@H]1O[C@@H](n2cc(C)c(=O)[nH]c2=O)C(OCCCCCCN)C1O. The van der Waals surface area contributed by atoms with E-state index in [2.05, 4.69) is 4.98 Å². The van der Waals surface area contributed by atoms with Crippen LogP contribution in [-0.2, 0) is 9.47 Å². The molecule has 0 aromatic carbocycles. The number of rotatable bonds is 9. The van der Waals surface area contributed by atoms with Gasteiger partial charge in [-0.25, -0.2) is 4.79 Å². The minimum atomic E-state index is -0.821. The lowest BCUT2D eigenvalue weighted by Gasteiger charge is -2.22. The van der Waals surface area contributed by atoms with Crippen molar-refractivity contribution in [1.29, 1.82) is 0 Å². The molecule has 142 valence electrons. The van der Waals surface area contributed by atoms with Crippen LogP contribution in [0.25, 0.3) is 0 Å². The molecule has 0 radical (unpaired) electrons. The highest BCUT2D eigenvalue weighted by atomic mass is 16.6. The monoisotopic (exact) mass is 355 g/mol. The van der Waals surface area contributed by atoms with Crippen LogP contribution >= 0.6 is 0 Å².